The molecule has 0 aliphatic heterocycles. The molecule has 0 atom stereocenters. The number of hydrogen-bond donors (Lipinski definition) is 0. The van der Waals surface area contributed by atoms with Crippen LogP contribution in [0.15, 0.2) is 83.4 Å². The fraction of sp³-hybridized carbons (Fsp3) is 0.200. The van der Waals surface area contributed by atoms with E-state index in [4.69, 9.17) is 0 Å². The highest BCUT2D eigenvalue weighted by molar-refractivity contribution is 7.99. The Kier molecular flexibility index (Phi) is 6.47. The van der Waals surface area contributed by atoms with Crippen LogP contribution in [0.3, 0.4) is 0 Å². The van der Waals surface area contributed by atoms with E-state index >= 15 is 0 Å². The van der Waals surface area contributed by atoms with Gasteiger partial charge in [0.1, 0.15) is 11.6 Å². The summed E-state index contributed by atoms with van der Waals surface area (Å²) >= 11 is 1.57. The molecule has 0 amide bonds. The molecule has 27 heavy (non-hydrogen) atoms. The van der Waals surface area contributed by atoms with Gasteiger partial charge in [-0.25, -0.2) is 8.42 Å². The monoisotopic (exact) mass is 399 g/mol. The first-order valence-electron chi connectivity index (χ1n) is 8.57. The summed E-state index contributed by atoms with van der Waals surface area (Å²) in [5, 5.41) is 9.06. The first-order chi connectivity index (χ1) is 13.1. The topological polar surface area (TPSA) is 64.8 Å². The van der Waals surface area contributed by atoms with Gasteiger partial charge in [-0.05, 0) is 24.1 Å². The van der Waals surface area contributed by atoms with Crippen molar-refractivity contribution < 1.29 is 8.42 Å². The van der Waals surface area contributed by atoms with E-state index in [1.165, 1.54) is 5.56 Å². The molecule has 0 radical (unpaired) electrons. The summed E-state index contributed by atoms with van der Waals surface area (Å²) in [6.07, 6.45) is 2.63. The maximum Gasteiger partial charge on any atom is 0.191 e. The van der Waals surface area contributed by atoms with Gasteiger partial charge in [-0.1, -0.05) is 66.4 Å². The first-order valence-corrected chi connectivity index (χ1v) is 11.2. The number of hydrogen-bond acceptors (Lipinski definition) is 5. The van der Waals surface area contributed by atoms with E-state index in [2.05, 4.69) is 28.9 Å². The number of nitrogens with zero attached hydrogens (tertiary/aromatic N) is 3. The lowest BCUT2D eigenvalue weighted by Crippen LogP contribution is -2.11. The van der Waals surface area contributed by atoms with Crippen LogP contribution >= 0.6 is 11.8 Å². The highest BCUT2D eigenvalue weighted by atomic mass is 32.2. The summed E-state index contributed by atoms with van der Waals surface area (Å²) in [6.45, 7) is 4.24. The van der Waals surface area contributed by atoms with E-state index in [9.17, 15) is 8.42 Å². The van der Waals surface area contributed by atoms with Gasteiger partial charge in [0.25, 0.3) is 0 Å². The third kappa shape index (κ3) is 5.08. The van der Waals surface area contributed by atoms with Crippen LogP contribution in [0.5, 0.6) is 0 Å². The molecule has 0 spiro atoms. The average Bonchev–Trinajstić information content (AvgIpc) is 3.05. The molecule has 5 nitrogen and oxygen atoms in total. The average molecular weight is 400 g/mol. The first kappa shape index (κ1) is 19.4. The van der Waals surface area contributed by atoms with Gasteiger partial charge in [0.2, 0.25) is 0 Å². The molecule has 0 unspecified atom stereocenters. The van der Waals surface area contributed by atoms with Crippen molar-refractivity contribution in [3.05, 3.63) is 84.7 Å². The van der Waals surface area contributed by atoms with E-state index in [0.717, 1.165) is 12.2 Å². The van der Waals surface area contributed by atoms with Crippen LogP contribution in [0.2, 0.25) is 0 Å². The zero-order chi connectivity index (χ0) is 19.1. The van der Waals surface area contributed by atoms with Gasteiger partial charge in [0.05, 0.1) is 4.90 Å². The second-order valence-corrected chi connectivity index (χ2v) is 9.01. The van der Waals surface area contributed by atoms with Gasteiger partial charge in [0.15, 0.2) is 15.0 Å². The van der Waals surface area contributed by atoms with Crippen LogP contribution in [0.25, 0.3) is 0 Å². The van der Waals surface area contributed by atoms with Crippen LogP contribution in [-0.2, 0) is 28.6 Å². The Morgan fingerprint density at radius 2 is 1.67 bits per heavy atom. The molecular formula is C20H21N3O2S2. The third-order valence-electron chi connectivity index (χ3n) is 3.99. The molecule has 2 aromatic carbocycles. The largest absolute Gasteiger partial charge is 0.301 e. The number of sulfone groups is 1. The fourth-order valence-electron chi connectivity index (χ4n) is 2.63. The minimum Gasteiger partial charge on any atom is -0.301 e. The number of aryl methyl sites for hydroxylation is 1. The molecule has 0 saturated heterocycles. The van der Waals surface area contributed by atoms with Gasteiger partial charge in [-0.15, -0.1) is 16.8 Å². The van der Waals surface area contributed by atoms with Gasteiger partial charge < -0.3 is 4.57 Å². The van der Waals surface area contributed by atoms with E-state index in [1.807, 2.05) is 22.8 Å². The van der Waals surface area contributed by atoms with Gasteiger partial charge in [-0.3, -0.25) is 0 Å². The van der Waals surface area contributed by atoms with Crippen molar-refractivity contribution in [2.75, 3.05) is 5.75 Å². The van der Waals surface area contributed by atoms with Crippen LogP contribution < -0.4 is 0 Å². The van der Waals surface area contributed by atoms with Gasteiger partial charge in [-0.2, -0.15) is 0 Å². The van der Waals surface area contributed by atoms with Gasteiger partial charge in [0, 0.05) is 12.3 Å². The van der Waals surface area contributed by atoms with Crippen molar-refractivity contribution >= 4 is 21.6 Å². The quantitative estimate of drug-likeness (QED) is 0.405. The summed E-state index contributed by atoms with van der Waals surface area (Å²) in [5.41, 5.74) is 1.26. The maximum absolute atomic E-state index is 12.7. The molecule has 1 heterocycles. The predicted octanol–water partition coefficient (Wildman–Crippen LogP) is 3.77. The molecular weight excluding hydrogens is 378 g/mol. The number of allylic oxidation sites excluding steroid dienone is 1. The Balaban J connectivity index is 1.74. The molecule has 0 bridgehead atoms. The summed E-state index contributed by atoms with van der Waals surface area (Å²) in [4.78, 5) is 0.288. The standard InChI is InChI=1S/C20H21N3O2S2/c1-2-14-23-19(16-27(24,25)18-11-7-4-8-12-18)21-22-20(23)26-15-13-17-9-5-3-6-10-17/h2-12H,1,13-16H2. The Morgan fingerprint density at radius 1 is 1.00 bits per heavy atom. The van der Waals surface area contributed by atoms with Crippen molar-refractivity contribution in [1.82, 2.24) is 14.8 Å². The zero-order valence-corrected chi connectivity index (χ0v) is 16.5. The van der Waals surface area contributed by atoms with Crippen LogP contribution in [0.4, 0.5) is 0 Å². The van der Waals surface area contributed by atoms with Crippen LogP contribution in [0.1, 0.15) is 11.4 Å². The molecule has 0 saturated carbocycles. The summed E-state index contributed by atoms with van der Waals surface area (Å²) in [7, 11) is -3.47. The lowest BCUT2D eigenvalue weighted by Gasteiger charge is -2.08. The van der Waals surface area contributed by atoms with E-state index in [1.54, 1.807) is 48.2 Å². The second kappa shape index (κ2) is 9.01. The Bertz CT molecular complexity index is 985. The molecule has 0 aliphatic rings. The molecule has 140 valence electrons. The fourth-order valence-corrected chi connectivity index (χ4v) is 4.88. The summed E-state index contributed by atoms with van der Waals surface area (Å²) in [6, 6.07) is 18.6. The smallest absolute Gasteiger partial charge is 0.191 e. The number of rotatable bonds is 9. The summed E-state index contributed by atoms with van der Waals surface area (Å²) in [5.74, 6) is 1.09. The van der Waals surface area contributed by atoms with Crippen molar-refractivity contribution in [3.8, 4) is 0 Å². The molecule has 0 N–H and O–H groups in total. The lowest BCUT2D eigenvalue weighted by molar-refractivity contribution is 0.590. The molecule has 0 aliphatic carbocycles. The van der Waals surface area contributed by atoms with Crippen molar-refractivity contribution in [1.29, 1.82) is 0 Å². The molecule has 3 aromatic rings. The molecule has 3 rings (SSSR count). The zero-order valence-electron chi connectivity index (χ0n) is 14.9. The Morgan fingerprint density at radius 3 is 2.33 bits per heavy atom. The van der Waals surface area contributed by atoms with Crippen molar-refractivity contribution in [2.24, 2.45) is 0 Å². The van der Waals surface area contributed by atoms with E-state index < -0.39 is 9.84 Å². The minimum atomic E-state index is -3.47. The maximum atomic E-state index is 12.7. The number of benzene rings is 2. The SMILES string of the molecule is C=CCn1c(CS(=O)(=O)c2ccccc2)nnc1SCCc1ccccc1. The normalized spacial score (nSPS) is 11.4. The van der Waals surface area contributed by atoms with E-state index in [-0.39, 0.29) is 10.6 Å². The van der Waals surface area contributed by atoms with Crippen LogP contribution in [0, 0.1) is 0 Å². The Labute approximate surface area is 164 Å². The number of aromatic nitrogens is 3. The summed E-state index contributed by atoms with van der Waals surface area (Å²) < 4.78 is 27.1. The lowest BCUT2D eigenvalue weighted by atomic mass is 10.2. The minimum absolute atomic E-state index is 0.183. The molecule has 1 aromatic heterocycles. The molecule has 7 heteroatoms. The highest BCUT2D eigenvalue weighted by Crippen LogP contribution is 2.21. The second-order valence-electron chi connectivity index (χ2n) is 5.95. The Hall–Kier alpha value is -2.38. The van der Waals surface area contributed by atoms with Crippen LogP contribution in [-0.4, -0.2) is 28.9 Å². The van der Waals surface area contributed by atoms with Crippen molar-refractivity contribution in [2.45, 2.75) is 28.8 Å². The third-order valence-corrected chi connectivity index (χ3v) is 6.59. The molecule has 0 fully saturated rings. The predicted molar refractivity (Wildman–Crippen MR) is 108 cm³/mol. The van der Waals surface area contributed by atoms with E-state index in [0.29, 0.717) is 17.5 Å². The van der Waals surface area contributed by atoms with Gasteiger partial charge >= 0.3 is 0 Å². The van der Waals surface area contributed by atoms with Crippen molar-refractivity contribution in [3.63, 3.8) is 0 Å². The highest BCUT2D eigenvalue weighted by Gasteiger charge is 2.21. The number of thioether (sulfide) groups is 1.